The Bertz CT molecular complexity index is 1520. The maximum Gasteiger partial charge on any atom is 0.253 e. The van der Waals surface area contributed by atoms with Gasteiger partial charge in [0.05, 0.1) is 28.5 Å². The smallest absolute Gasteiger partial charge is 0.253 e. The topological polar surface area (TPSA) is 128 Å². The van der Waals surface area contributed by atoms with Gasteiger partial charge >= 0.3 is 0 Å². The summed E-state index contributed by atoms with van der Waals surface area (Å²) in [5, 5.41) is 5.05. The highest BCUT2D eigenvalue weighted by molar-refractivity contribution is 7.89. The van der Waals surface area contributed by atoms with Gasteiger partial charge in [0.15, 0.2) is 0 Å². The molecule has 0 bridgehead atoms. The molecule has 2 aromatic heterocycles. The quantitative estimate of drug-likeness (QED) is 0.505. The average molecular weight is 455 g/mol. The molecule has 0 saturated carbocycles. The number of carbonyl (C=O) groups excluding carboxylic acids is 2. The van der Waals surface area contributed by atoms with E-state index in [1.165, 1.54) is 11.0 Å². The van der Waals surface area contributed by atoms with Crippen molar-refractivity contribution < 1.29 is 22.5 Å². The average Bonchev–Trinajstić information content (AvgIpc) is 3.22. The van der Waals surface area contributed by atoms with Crippen LogP contribution in [0.1, 0.15) is 32.2 Å². The molecule has 2 N–H and O–H groups in total. The molecule has 2 amide bonds. The van der Waals surface area contributed by atoms with E-state index < -0.39 is 15.9 Å². The fraction of sp³-hybridized carbons (Fsp3) is 0.227. The van der Waals surface area contributed by atoms with E-state index in [2.05, 4.69) is 5.16 Å². The lowest BCUT2D eigenvalue weighted by Gasteiger charge is -2.11. The second-order valence-corrected chi connectivity index (χ2v) is 9.77. The highest BCUT2D eigenvalue weighted by Gasteiger charge is 2.25. The first kappa shape index (κ1) is 21.6. The molecule has 0 aliphatic heterocycles. The number of benzene rings is 2. The van der Waals surface area contributed by atoms with Gasteiger partial charge in [-0.1, -0.05) is 11.2 Å². The Morgan fingerprint density at radius 1 is 1.09 bits per heavy atom. The third kappa shape index (κ3) is 3.23. The Hall–Kier alpha value is -3.66. The summed E-state index contributed by atoms with van der Waals surface area (Å²) >= 11 is 0. The van der Waals surface area contributed by atoms with Crippen molar-refractivity contribution in [3.05, 3.63) is 52.9 Å². The lowest BCUT2D eigenvalue weighted by atomic mass is 9.97. The Balaban J connectivity index is 2.22. The zero-order valence-electron chi connectivity index (χ0n) is 18.3. The van der Waals surface area contributed by atoms with E-state index in [0.717, 1.165) is 10.2 Å². The van der Waals surface area contributed by atoms with E-state index in [9.17, 15) is 18.0 Å². The standard InChI is InChI=1S/C22H22N4O5S/c1-11-19(12(2)31-24-11)14-8-16-15-7-6-13(22(28)25(3)4)10-18(15)26(32(5,29)30)20(16)17(9-14)21(23)27/h6-10H,1-5H3,(H2,23,27). The predicted molar refractivity (Wildman–Crippen MR) is 121 cm³/mol. The predicted octanol–water partition coefficient (Wildman–Crippen LogP) is 2.67. The molecule has 0 spiro atoms. The van der Waals surface area contributed by atoms with Crippen LogP contribution in [0.3, 0.4) is 0 Å². The van der Waals surface area contributed by atoms with Crippen LogP contribution in [0.2, 0.25) is 0 Å². The van der Waals surface area contributed by atoms with Gasteiger partial charge in [0.25, 0.3) is 11.8 Å². The molecule has 0 aliphatic rings. The summed E-state index contributed by atoms with van der Waals surface area (Å²) in [5.41, 5.74) is 8.46. The molecule has 0 aliphatic carbocycles. The monoisotopic (exact) mass is 454 g/mol. The summed E-state index contributed by atoms with van der Waals surface area (Å²) in [5.74, 6) is -0.493. The first-order valence-electron chi connectivity index (χ1n) is 9.69. The van der Waals surface area contributed by atoms with Crippen LogP contribution in [0.4, 0.5) is 0 Å². The maximum atomic E-state index is 12.8. The number of aryl methyl sites for hydroxylation is 2. The van der Waals surface area contributed by atoms with Gasteiger partial charge in [-0.3, -0.25) is 9.59 Å². The molecule has 0 atom stereocenters. The van der Waals surface area contributed by atoms with Crippen LogP contribution in [0, 0.1) is 13.8 Å². The van der Waals surface area contributed by atoms with Gasteiger partial charge in [-0.15, -0.1) is 0 Å². The SMILES string of the molecule is Cc1noc(C)c1-c1cc(C(N)=O)c2c(c1)c1ccc(C(=O)N(C)C)cc1n2S(C)(=O)=O. The largest absolute Gasteiger partial charge is 0.366 e. The van der Waals surface area contributed by atoms with Gasteiger partial charge in [-0.25, -0.2) is 12.4 Å². The third-order valence-corrected chi connectivity index (χ3v) is 6.43. The molecule has 2 aromatic carbocycles. The Morgan fingerprint density at radius 3 is 2.31 bits per heavy atom. The van der Waals surface area contributed by atoms with E-state index >= 15 is 0 Å². The molecule has 10 heteroatoms. The number of amides is 2. The normalized spacial score (nSPS) is 11.9. The molecule has 9 nitrogen and oxygen atoms in total. The minimum Gasteiger partial charge on any atom is -0.366 e. The molecule has 32 heavy (non-hydrogen) atoms. The molecule has 0 fully saturated rings. The van der Waals surface area contributed by atoms with Crippen LogP contribution in [-0.2, 0) is 10.0 Å². The first-order chi connectivity index (χ1) is 14.9. The first-order valence-corrected chi connectivity index (χ1v) is 11.5. The highest BCUT2D eigenvalue weighted by Crippen LogP contribution is 2.38. The summed E-state index contributed by atoms with van der Waals surface area (Å²) in [7, 11) is -0.640. The number of hydrogen-bond donors (Lipinski definition) is 1. The summed E-state index contributed by atoms with van der Waals surface area (Å²) < 4.78 is 32.0. The molecule has 166 valence electrons. The number of carbonyl (C=O) groups is 2. The van der Waals surface area contributed by atoms with Gasteiger partial charge in [0.2, 0.25) is 10.0 Å². The molecular formula is C22H22N4O5S. The van der Waals surface area contributed by atoms with E-state index in [4.69, 9.17) is 10.3 Å². The summed E-state index contributed by atoms with van der Waals surface area (Å²) in [6, 6.07) is 8.15. The lowest BCUT2D eigenvalue weighted by molar-refractivity contribution is 0.0827. The van der Waals surface area contributed by atoms with Crippen molar-refractivity contribution >= 4 is 43.6 Å². The molecule has 0 radical (unpaired) electrons. The Kier molecular flexibility index (Phi) is 4.85. The zero-order valence-corrected chi connectivity index (χ0v) is 19.1. The van der Waals surface area contributed by atoms with Crippen LogP contribution >= 0.6 is 0 Å². The van der Waals surface area contributed by atoms with Gasteiger partial charge in [-0.05, 0) is 43.7 Å². The Morgan fingerprint density at radius 2 is 1.78 bits per heavy atom. The number of rotatable bonds is 4. The van der Waals surface area contributed by atoms with Gasteiger partial charge < -0.3 is 15.2 Å². The fourth-order valence-electron chi connectivity index (χ4n) is 4.07. The lowest BCUT2D eigenvalue weighted by Crippen LogP contribution is -2.21. The summed E-state index contributed by atoms with van der Waals surface area (Å²) in [4.78, 5) is 26.3. The third-order valence-electron chi connectivity index (χ3n) is 5.39. The molecular weight excluding hydrogens is 432 g/mol. The second-order valence-electron chi connectivity index (χ2n) is 7.94. The number of aromatic nitrogens is 2. The van der Waals surface area contributed by atoms with Gasteiger partial charge in [0.1, 0.15) is 5.76 Å². The van der Waals surface area contributed by atoms with Crippen molar-refractivity contribution in [2.24, 2.45) is 5.73 Å². The molecule has 0 saturated heterocycles. The van der Waals surface area contributed by atoms with Crippen LogP contribution in [0.25, 0.3) is 32.9 Å². The number of fused-ring (bicyclic) bond motifs is 3. The molecule has 2 heterocycles. The highest BCUT2D eigenvalue weighted by atomic mass is 32.2. The second kappa shape index (κ2) is 7.20. The van der Waals surface area contributed by atoms with Crippen molar-refractivity contribution in [1.82, 2.24) is 14.0 Å². The zero-order chi connectivity index (χ0) is 23.5. The Labute approximate surface area is 184 Å². The van der Waals surface area contributed by atoms with E-state index in [-0.39, 0.29) is 22.5 Å². The number of nitrogens with two attached hydrogens (primary N) is 1. The van der Waals surface area contributed by atoms with Crippen molar-refractivity contribution in [2.45, 2.75) is 13.8 Å². The van der Waals surface area contributed by atoms with Crippen LogP contribution in [0.5, 0.6) is 0 Å². The van der Waals surface area contributed by atoms with Crippen molar-refractivity contribution in [2.75, 3.05) is 20.4 Å². The number of nitrogens with zero attached hydrogens (tertiary/aromatic N) is 3. The van der Waals surface area contributed by atoms with E-state index in [0.29, 0.717) is 38.9 Å². The maximum absolute atomic E-state index is 12.8. The fourth-order valence-corrected chi connectivity index (χ4v) is 5.11. The molecule has 4 rings (SSSR count). The molecule has 4 aromatic rings. The summed E-state index contributed by atoms with van der Waals surface area (Å²) in [6.45, 7) is 3.53. The van der Waals surface area contributed by atoms with Crippen molar-refractivity contribution in [3.8, 4) is 11.1 Å². The number of hydrogen-bond acceptors (Lipinski definition) is 6. The van der Waals surface area contributed by atoms with Crippen LogP contribution in [-0.4, -0.2) is 54.6 Å². The van der Waals surface area contributed by atoms with Gasteiger partial charge in [-0.2, -0.15) is 0 Å². The van der Waals surface area contributed by atoms with Crippen LogP contribution in [0.15, 0.2) is 34.9 Å². The van der Waals surface area contributed by atoms with Crippen molar-refractivity contribution in [1.29, 1.82) is 0 Å². The van der Waals surface area contributed by atoms with Crippen molar-refractivity contribution in [3.63, 3.8) is 0 Å². The minimum absolute atomic E-state index is 0.0413. The minimum atomic E-state index is -3.86. The van der Waals surface area contributed by atoms with E-state index in [1.807, 2.05) is 0 Å². The number of primary amides is 1. The van der Waals surface area contributed by atoms with Crippen LogP contribution < -0.4 is 5.73 Å². The summed E-state index contributed by atoms with van der Waals surface area (Å²) in [6.07, 6.45) is 1.04. The van der Waals surface area contributed by atoms with Gasteiger partial charge in [0, 0.05) is 36.0 Å². The molecule has 0 unspecified atom stereocenters. The van der Waals surface area contributed by atoms with E-state index in [1.54, 1.807) is 52.2 Å².